The minimum Gasteiger partial charge on any atom is -0.369 e. The van der Waals surface area contributed by atoms with E-state index in [-0.39, 0.29) is 29.6 Å². The molecular weight excluding hydrogens is 468 g/mol. The van der Waals surface area contributed by atoms with E-state index in [0.717, 1.165) is 17.7 Å². The molecule has 2 saturated heterocycles. The topological polar surface area (TPSA) is 99.1 Å². The van der Waals surface area contributed by atoms with E-state index in [0.29, 0.717) is 44.3 Å². The summed E-state index contributed by atoms with van der Waals surface area (Å²) in [6.45, 7) is 5.09. The molecule has 12 heteroatoms. The third-order valence-electron chi connectivity index (χ3n) is 6.11. The van der Waals surface area contributed by atoms with Gasteiger partial charge in [0, 0.05) is 76.3 Å². The van der Waals surface area contributed by atoms with E-state index in [1.807, 2.05) is 25.1 Å². The third kappa shape index (κ3) is 4.71. The van der Waals surface area contributed by atoms with Crippen molar-refractivity contribution >= 4 is 39.6 Å². The Labute approximate surface area is 198 Å². The van der Waals surface area contributed by atoms with Crippen LogP contribution in [-0.4, -0.2) is 97.0 Å². The molecule has 1 aromatic heterocycles. The maximum atomic E-state index is 13.5. The Balaban J connectivity index is 1.51. The van der Waals surface area contributed by atoms with Crippen molar-refractivity contribution in [1.82, 2.24) is 23.9 Å². The number of carbonyl (C=O) groups is 2. The fourth-order valence-electron chi connectivity index (χ4n) is 4.22. The molecule has 2 aliphatic heterocycles. The van der Waals surface area contributed by atoms with Crippen LogP contribution in [-0.2, 0) is 21.9 Å². The van der Waals surface area contributed by atoms with Crippen LogP contribution in [0.3, 0.4) is 0 Å². The second-order valence-corrected chi connectivity index (χ2v) is 10.6. The summed E-state index contributed by atoms with van der Waals surface area (Å²) in [4.78, 5) is 29.3. The van der Waals surface area contributed by atoms with E-state index in [4.69, 9.17) is 11.6 Å². The number of hydrogen-bond acceptors (Lipinski definition) is 6. The van der Waals surface area contributed by atoms with Gasteiger partial charge in [0.05, 0.1) is 5.56 Å². The fourth-order valence-corrected chi connectivity index (χ4v) is 5.93. The molecular formula is C21H27ClN6O4S. The molecule has 0 unspecified atom stereocenters. The van der Waals surface area contributed by atoms with E-state index in [1.165, 1.54) is 15.2 Å². The van der Waals surface area contributed by atoms with Crippen LogP contribution in [0.4, 0.5) is 5.69 Å². The summed E-state index contributed by atoms with van der Waals surface area (Å²) in [5, 5.41) is 4.56. The maximum absolute atomic E-state index is 13.5. The first kappa shape index (κ1) is 23.5. The quantitative estimate of drug-likeness (QED) is 0.570. The first-order valence-electron chi connectivity index (χ1n) is 10.7. The number of halogens is 1. The highest BCUT2D eigenvalue weighted by Crippen LogP contribution is 2.27. The summed E-state index contributed by atoms with van der Waals surface area (Å²) >= 11 is 6.15. The number of anilines is 1. The second kappa shape index (κ2) is 9.32. The van der Waals surface area contributed by atoms with Gasteiger partial charge < -0.3 is 14.7 Å². The van der Waals surface area contributed by atoms with Gasteiger partial charge in [-0.05, 0) is 24.6 Å². The average molecular weight is 495 g/mol. The molecule has 3 heterocycles. The highest BCUT2D eigenvalue weighted by atomic mass is 35.5. The zero-order chi connectivity index (χ0) is 23.8. The van der Waals surface area contributed by atoms with Crippen molar-refractivity contribution < 1.29 is 18.0 Å². The highest BCUT2D eigenvalue weighted by Gasteiger charge is 2.36. The average Bonchev–Trinajstić information content (AvgIpc) is 3.23. The zero-order valence-electron chi connectivity index (χ0n) is 18.6. The van der Waals surface area contributed by atoms with E-state index in [1.54, 1.807) is 16.8 Å². The lowest BCUT2D eigenvalue weighted by Crippen LogP contribution is -2.50. The number of piperazine rings is 2. The van der Waals surface area contributed by atoms with Crippen molar-refractivity contribution in [2.45, 2.75) is 11.9 Å². The molecule has 0 bridgehead atoms. The predicted molar refractivity (Wildman–Crippen MR) is 124 cm³/mol. The van der Waals surface area contributed by atoms with Crippen LogP contribution in [0.25, 0.3) is 0 Å². The summed E-state index contributed by atoms with van der Waals surface area (Å²) in [7, 11) is -2.36. The van der Waals surface area contributed by atoms with E-state index >= 15 is 0 Å². The predicted octanol–water partition coefficient (Wildman–Crippen LogP) is 0.807. The van der Waals surface area contributed by atoms with Crippen LogP contribution in [0, 0.1) is 6.92 Å². The van der Waals surface area contributed by atoms with Gasteiger partial charge in [-0.15, -0.1) is 0 Å². The number of amides is 2. The van der Waals surface area contributed by atoms with E-state index < -0.39 is 10.0 Å². The minimum atomic E-state index is -3.96. The van der Waals surface area contributed by atoms with Crippen LogP contribution in [0.5, 0.6) is 0 Å². The third-order valence-corrected chi connectivity index (χ3v) is 8.18. The van der Waals surface area contributed by atoms with Crippen LogP contribution >= 0.6 is 11.6 Å². The lowest BCUT2D eigenvalue weighted by molar-refractivity contribution is -0.119. The Hall–Kier alpha value is -2.63. The number of sulfonamides is 1. The summed E-state index contributed by atoms with van der Waals surface area (Å²) in [6, 6.07) is 5.67. The molecule has 33 heavy (non-hydrogen) atoms. The summed E-state index contributed by atoms with van der Waals surface area (Å²) < 4.78 is 29.6. The lowest BCUT2D eigenvalue weighted by atomic mass is 10.1. The number of aryl methyl sites for hydroxylation is 2. The lowest BCUT2D eigenvalue weighted by Gasteiger charge is -2.36. The van der Waals surface area contributed by atoms with Gasteiger partial charge in [-0.1, -0.05) is 17.7 Å². The number of hydrogen-bond donors (Lipinski definition) is 0. The van der Waals surface area contributed by atoms with Crippen molar-refractivity contribution in [2.75, 3.05) is 57.3 Å². The number of carbonyl (C=O) groups excluding carboxylic acids is 2. The minimum absolute atomic E-state index is 0.0603. The van der Waals surface area contributed by atoms with Gasteiger partial charge in [-0.2, -0.15) is 9.40 Å². The molecule has 2 aromatic rings. The summed E-state index contributed by atoms with van der Waals surface area (Å²) in [6.07, 6.45) is 2.21. The van der Waals surface area contributed by atoms with Crippen molar-refractivity contribution in [1.29, 1.82) is 0 Å². The molecule has 0 atom stereocenters. The molecule has 2 aliphatic rings. The van der Waals surface area contributed by atoms with Crippen molar-refractivity contribution in [3.05, 3.63) is 40.5 Å². The molecule has 0 radical (unpaired) electrons. The molecule has 2 fully saturated rings. The zero-order valence-corrected chi connectivity index (χ0v) is 20.2. The molecule has 10 nitrogen and oxygen atoms in total. The summed E-state index contributed by atoms with van der Waals surface area (Å²) in [5.41, 5.74) is 2.12. The standard InChI is InChI=1S/C21H27ClN6O4S/c1-16-3-4-17(22)13-19(16)26-9-11-28(12-10-26)33(31,32)20-18(14-24(2)23-20)21(30)27-7-5-25(15-29)6-8-27/h3-4,13-15H,5-12H2,1-2H3. The highest BCUT2D eigenvalue weighted by molar-refractivity contribution is 7.89. The summed E-state index contributed by atoms with van der Waals surface area (Å²) in [5.74, 6) is -0.389. The van der Waals surface area contributed by atoms with Gasteiger partial charge in [0.1, 0.15) is 0 Å². The Kier molecular flexibility index (Phi) is 6.64. The number of aromatic nitrogens is 2. The van der Waals surface area contributed by atoms with Gasteiger partial charge >= 0.3 is 0 Å². The SMILES string of the molecule is Cc1ccc(Cl)cc1N1CCN(S(=O)(=O)c2nn(C)cc2C(=O)N2CCN(C=O)CC2)CC1. The normalized spacial score (nSPS) is 18.0. The maximum Gasteiger partial charge on any atom is 0.263 e. The van der Waals surface area contributed by atoms with E-state index in [9.17, 15) is 18.0 Å². The Morgan fingerprint density at radius 3 is 2.36 bits per heavy atom. The molecule has 2 amide bonds. The molecule has 4 rings (SSSR count). The van der Waals surface area contributed by atoms with Crippen molar-refractivity contribution in [3.8, 4) is 0 Å². The van der Waals surface area contributed by atoms with Crippen LogP contribution in [0.2, 0.25) is 5.02 Å². The van der Waals surface area contributed by atoms with Crippen molar-refractivity contribution in [3.63, 3.8) is 0 Å². The monoisotopic (exact) mass is 494 g/mol. The first-order valence-corrected chi connectivity index (χ1v) is 12.6. The van der Waals surface area contributed by atoms with Crippen molar-refractivity contribution in [2.24, 2.45) is 7.05 Å². The van der Waals surface area contributed by atoms with Gasteiger partial charge in [-0.25, -0.2) is 8.42 Å². The van der Waals surface area contributed by atoms with Gasteiger partial charge in [0.15, 0.2) is 0 Å². The Morgan fingerprint density at radius 2 is 1.73 bits per heavy atom. The van der Waals surface area contributed by atoms with E-state index in [2.05, 4.69) is 10.00 Å². The van der Waals surface area contributed by atoms with Gasteiger partial charge in [-0.3, -0.25) is 14.3 Å². The molecule has 0 N–H and O–H groups in total. The molecule has 1 aromatic carbocycles. The second-order valence-electron chi connectivity index (χ2n) is 8.28. The molecule has 178 valence electrons. The van der Waals surface area contributed by atoms with Gasteiger partial charge in [0.2, 0.25) is 11.4 Å². The first-order chi connectivity index (χ1) is 15.7. The fraction of sp³-hybridized carbons (Fsp3) is 0.476. The largest absolute Gasteiger partial charge is 0.369 e. The molecule has 0 spiro atoms. The molecule has 0 saturated carbocycles. The number of benzene rings is 1. The number of rotatable bonds is 5. The molecule has 0 aliphatic carbocycles. The Morgan fingerprint density at radius 1 is 1.06 bits per heavy atom. The van der Waals surface area contributed by atoms with Crippen LogP contribution in [0.15, 0.2) is 29.4 Å². The smallest absolute Gasteiger partial charge is 0.263 e. The van der Waals surface area contributed by atoms with Gasteiger partial charge in [0.25, 0.3) is 15.9 Å². The Bertz CT molecular complexity index is 1150. The van der Waals surface area contributed by atoms with Crippen LogP contribution < -0.4 is 4.90 Å². The van der Waals surface area contributed by atoms with Crippen LogP contribution in [0.1, 0.15) is 15.9 Å². The number of nitrogens with zero attached hydrogens (tertiary/aromatic N) is 6.